The lowest BCUT2D eigenvalue weighted by Gasteiger charge is -2.35. The molecule has 1 heterocycles. The van der Waals surface area contributed by atoms with Gasteiger partial charge in [0.1, 0.15) is 23.1 Å². The van der Waals surface area contributed by atoms with Crippen molar-refractivity contribution in [1.82, 2.24) is 10.2 Å². The summed E-state index contributed by atoms with van der Waals surface area (Å²) in [5.41, 5.74) is -0.932. The molecule has 0 radical (unpaired) electrons. The average molecular weight is 418 g/mol. The predicted octanol–water partition coefficient (Wildman–Crippen LogP) is 3.47. The molecular formula is C21H30N4O5. The number of nitriles is 1. The van der Waals surface area contributed by atoms with Crippen molar-refractivity contribution in [2.24, 2.45) is 0 Å². The Morgan fingerprint density at radius 1 is 1.27 bits per heavy atom. The molecule has 1 fully saturated rings. The molecule has 2 N–H and O–H groups in total. The first kappa shape index (κ1) is 23.3. The zero-order valence-electron chi connectivity index (χ0n) is 18.3. The lowest BCUT2D eigenvalue weighted by Crippen LogP contribution is -2.53. The third-order valence-corrected chi connectivity index (χ3v) is 4.41. The van der Waals surface area contributed by atoms with Crippen molar-refractivity contribution < 1.29 is 23.8 Å². The molecule has 0 aliphatic carbocycles. The first-order valence-electron chi connectivity index (χ1n) is 9.78. The molecule has 3 amide bonds. The van der Waals surface area contributed by atoms with Crippen molar-refractivity contribution >= 4 is 17.8 Å². The standard InChI is InChI=1S/C21H30N4O5/c1-14-17(25(21(5,6)29-14)19(27)30-20(2,3)4)13-23-18(26)24-15-7-9-16(10-8-15)28-12-11-22/h7-10,14,17H,12-13H2,1-6H3,(H2,23,24,26). The minimum atomic E-state index is -0.857. The van der Waals surface area contributed by atoms with Crippen LogP contribution in [0.3, 0.4) is 0 Å². The maximum absolute atomic E-state index is 12.7. The van der Waals surface area contributed by atoms with Gasteiger partial charge in [-0.25, -0.2) is 9.59 Å². The number of benzene rings is 1. The van der Waals surface area contributed by atoms with Crippen LogP contribution in [0.25, 0.3) is 0 Å². The molecule has 1 aromatic carbocycles. The summed E-state index contributed by atoms with van der Waals surface area (Å²) in [7, 11) is 0. The van der Waals surface area contributed by atoms with Crippen molar-refractivity contribution in [2.45, 2.75) is 65.0 Å². The first-order chi connectivity index (χ1) is 13.9. The van der Waals surface area contributed by atoms with Crippen molar-refractivity contribution in [2.75, 3.05) is 18.5 Å². The van der Waals surface area contributed by atoms with Gasteiger partial charge in [-0.3, -0.25) is 4.90 Å². The minimum absolute atomic E-state index is 0.0423. The van der Waals surface area contributed by atoms with Crippen LogP contribution in [0, 0.1) is 11.3 Å². The highest BCUT2D eigenvalue weighted by atomic mass is 16.6. The van der Waals surface area contributed by atoms with E-state index in [1.807, 2.05) is 13.0 Å². The first-order valence-corrected chi connectivity index (χ1v) is 9.78. The Kier molecular flexibility index (Phi) is 7.16. The van der Waals surface area contributed by atoms with E-state index in [4.69, 9.17) is 19.5 Å². The summed E-state index contributed by atoms with van der Waals surface area (Å²) in [4.78, 5) is 26.6. The number of nitrogens with zero attached hydrogens (tertiary/aromatic N) is 2. The maximum Gasteiger partial charge on any atom is 0.412 e. The molecule has 0 bridgehead atoms. The van der Waals surface area contributed by atoms with Gasteiger partial charge in [0.25, 0.3) is 0 Å². The van der Waals surface area contributed by atoms with Gasteiger partial charge >= 0.3 is 12.1 Å². The van der Waals surface area contributed by atoms with Gasteiger partial charge in [-0.2, -0.15) is 5.26 Å². The van der Waals surface area contributed by atoms with Crippen LogP contribution < -0.4 is 15.4 Å². The third-order valence-electron chi connectivity index (χ3n) is 4.41. The molecule has 0 saturated carbocycles. The fraction of sp³-hybridized carbons (Fsp3) is 0.571. The molecule has 0 spiro atoms. The molecule has 1 saturated heterocycles. The third kappa shape index (κ3) is 6.26. The van der Waals surface area contributed by atoms with Crippen LogP contribution in [-0.4, -0.2) is 53.6 Å². The number of nitrogens with one attached hydrogen (secondary N) is 2. The number of anilines is 1. The number of hydrogen-bond acceptors (Lipinski definition) is 6. The number of carbonyl (C=O) groups is 2. The Bertz CT molecular complexity index is 795. The number of rotatable bonds is 5. The van der Waals surface area contributed by atoms with Crippen LogP contribution in [-0.2, 0) is 9.47 Å². The van der Waals surface area contributed by atoms with E-state index in [0.29, 0.717) is 11.4 Å². The van der Waals surface area contributed by atoms with Gasteiger partial charge in [-0.05, 0) is 65.8 Å². The topological polar surface area (TPSA) is 113 Å². The van der Waals surface area contributed by atoms with E-state index < -0.39 is 23.5 Å². The highest BCUT2D eigenvalue weighted by molar-refractivity contribution is 5.89. The van der Waals surface area contributed by atoms with Crippen LogP contribution in [0.2, 0.25) is 0 Å². The Labute approximate surface area is 177 Å². The van der Waals surface area contributed by atoms with E-state index in [1.54, 1.807) is 58.9 Å². The van der Waals surface area contributed by atoms with E-state index >= 15 is 0 Å². The summed E-state index contributed by atoms with van der Waals surface area (Å²) in [6.45, 7) is 11.0. The second-order valence-electron chi connectivity index (χ2n) is 8.49. The molecule has 2 rings (SSSR count). The Morgan fingerprint density at radius 2 is 1.90 bits per heavy atom. The molecule has 2 unspecified atom stereocenters. The molecule has 164 valence electrons. The van der Waals surface area contributed by atoms with Crippen molar-refractivity contribution in [3.8, 4) is 11.8 Å². The van der Waals surface area contributed by atoms with Crippen LogP contribution in [0.1, 0.15) is 41.5 Å². The quantitative estimate of drug-likeness (QED) is 0.757. The van der Waals surface area contributed by atoms with Gasteiger partial charge in [-0.1, -0.05) is 0 Å². The Hall–Kier alpha value is -2.99. The Balaban J connectivity index is 1.97. The van der Waals surface area contributed by atoms with E-state index in [0.717, 1.165) is 0 Å². The number of urea groups is 1. The fourth-order valence-corrected chi connectivity index (χ4v) is 3.25. The summed E-state index contributed by atoms with van der Waals surface area (Å²) in [5, 5.41) is 14.0. The van der Waals surface area contributed by atoms with Crippen LogP contribution in [0.5, 0.6) is 5.75 Å². The summed E-state index contributed by atoms with van der Waals surface area (Å²) in [5.74, 6) is 0.537. The van der Waals surface area contributed by atoms with Crippen molar-refractivity contribution in [3.63, 3.8) is 0 Å². The maximum atomic E-state index is 12.7. The lowest BCUT2D eigenvalue weighted by molar-refractivity contribution is -0.0756. The Morgan fingerprint density at radius 3 is 2.47 bits per heavy atom. The van der Waals surface area contributed by atoms with E-state index in [1.165, 1.54) is 4.90 Å². The summed E-state index contributed by atoms with van der Waals surface area (Å²) in [6.07, 6.45) is -0.776. The molecule has 2 atom stereocenters. The molecular weight excluding hydrogens is 388 g/mol. The second-order valence-corrected chi connectivity index (χ2v) is 8.49. The molecule has 1 aliphatic rings. The van der Waals surface area contributed by atoms with Gasteiger partial charge in [0.15, 0.2) is 6.61 Å². The SMILES string of the molecule is CC1OC(C)(C)N(C(=O)OC(C)(C)C)C1CNC(=O)Nc1ccc(OCC#N)cc1. The number of amides is 3. The lowest BCUT2D eigenvalue weighted by atomic mass is 10.1. The summed E-state index contributed by atoms with van der Waals surface area (Å²) >= 11 is 0. The zero-order chi connectivity index (χ0) is 22.5. The minimum Gasteiger partial charge on any atom is -0.479 e. The van der Waals surface area contributed by atoms with Gasteiger partial charge in [0.05, 0.1) is 12.1 Å². The van der Waals surface area contributed by atoms with E-state index in [9.17, 15) is 9.59 Å². The molecule has 30 heavy (non-hydrogen) atoms. The van der Waals surface area contributed by atoms with E-state index in [-0.39, 0.29) is 25.3 Å². The highest BCUT2D eigenvalue weighted by Gasteiger charge is 2.49. The van der Waals surface area contributed by atoms with Gasteiger partial charge in [-0.15, -0.1) is 0 Å². The zero-order valence-corrected chi connectivity index (χ0v) is 18.3. The van der Waals surface area contributed by atoms with E-state index in [2.05, 4.69) is 10.6 Å². The molecule has 0 aromatic heterocycles. The monoisotopic (exact) mass is 418 g/mol. The van der Waals surface area contributed by atoms with Gasteiger partial charge < -0.3 is 24.8 Å². The van der Waals surface area contributed by atoms with Crippen LogP contribution >= 0.6 is 0 Å². The molecule has 1 aromatic rings. The molecule has 9 heteroatoms. The van der Waals surface area contributed by atoms with Crippen molar-refractivity contribution in [1.29, 1.82) is 5.26 Å². The number of hydrogen-bond donors (Lipinski definition) is 2. The van der Waals surface area contributed by atoms with Gasteiger partial charge in [0, 0.05) is 12.2 Å². The van der Waals surface area contributed by atoms with Crippen molar-refractivity contribution in [3.05, 3.63) is 24.3 Å². The predicted molar refractivity (Wildman–Crippen MR) is 111 cm³/mol. The van der Waals surface area contributed by atoms with Crippen LogP contribution in [0.4, 0.5) is 15.3 Å². The normalized spacial score (nSPS) is 20.2. The summed E-state index contributed by atoms with van der Waals surface area (Å²) < 4.78 is 16.6. The smallest absolute Gasteiger partial charge is 0.412 e. The summed E-state index contributed by atoms with van der Waals surface area (Å²) in [6, 6.07) is 7.75. The average Bonchev–Trinajstić information content (AvgIpc) is 2.85. The highest BCUT2D eigenvalue weighted by Crippen LogP contribution is 2.33. The van der Waals surface area contributed by atoms with Crippen LogP contribution in [0.15, 0.2) is 24.3 Å². The largest absolute Gasteiger partial charge is 0.479 e. The molecule has 9 nitrogen and oxygen atoms in total. The second kappa shape index (κ2) is 9.22. The number of ether oxygens (including phenoxy) is 3. The molecule has 1 aliphatic heterocycles. The van der Waals surface area contributed by atoms with Gasteiger partial charge in [0.2, 0.25) is 0 Å². The number of carbonyl (C=O) groups excluding carboxylic acids is 2. The fourth-order valence-electron chi connectivity index (χ4n) is 3.25.